The number of halogens is 1. The zero-order valence-corrected chi connectivity index (χ0v) is 10.7. The van der Waals surface area contributed by atoms with Crippen LogP contribution in [0.25, 0.3) is 0 Å². The van der Waals surface area contributed by atoms with Gasteiger partial charge in [0.25, 0.3) is 0 Å². The molecule has 0 aliphatic carbocycles. The van der Waals surface area contributed by atoms with Gasteiger partial charge in [-0.15, -0.1) is 11.6 Å². The van der Waals surface area contributed by atoms with Gasteiger partial charge in [0.1, 0.15) is 0 Å². The van der Waals surface area contributed by atoms with E-state index in [1.807, 2.05) is 18.2 Å². The zero-order chi connectivity index (χ0) is 12.3. The number of nitrogens with one attached hydrogen (secondary N) is 2. The maximum atomic E-state index is 11.2. The highest BCUT2D eigenvalue weighted by atomic mass is 35.5. The van der Waals surface area contributed by atoms with Gasteiger partial charge in [-0.1, -0.05) is 30.3 Å². The van der Waals surface area contributed by atoms with E-state index in [4.69, 9.17) is 11.6 Å². The normalized spacial score (nSPS) is 9.94. The van der Waals surface area contributed by atoms with Crippen LogP contribution in [0.5, 0.6) is 0 Å². The molecule has 0 saturated heterocycles. The van der Waals surface area contributed by atoms with E-state index in [-0.39, 0.29) is 6.03 Å². The minimum Gasteiger partial charge on any atom is -0.338 e. The zero-order valence-electron chi connectivity index (χ0n) is 9.92. The van der Waals surface area contributed by atoms with Crippen molar-refractivity contribution in [3.63, 3.8) is 0 Å². The van der Waals surface area contributed by atoms with Crippen LogP contribution in [0.1, 0.15) is 18.4 Å². The summed E-state index contributed by atoms with van der Waals surface area (Å²) in [5.41, 5.74) is 1.35. The van der Waals surface area contributed by atoms with Crippen molar-refractivity contribution in [1.29, 1.82) is 0 Å². The van der Waals surface area contributed by atoms with Crippen molar-refractivity contribution in [2.75, 3.05) is 19.0 Å². The van der Waals surface area contributed by atoms with Crippen molar-refractivity contribution in [1.82, 2.24) is 10.6 Å². The summed E-state index contributed by atoms with van der Waals surface area (Å²) >= 11 is 5.45. The van der Waals surface area contributed by atoms with E-state index in [9.17, 15) is 4.79 Å². The SMILES string of the molecule is O=C(NCCCl)NCCCCc1ccccc1. The minimum absolute atomic E-state index is 0.134. The molecule has 94 valence electrons. The third kappa shape index (κ3) is 6.84. The number of unbranched alkanes of at least 4 members (excludes halogenated alkanes) is 1. The second kappa shape index (κ2) is 8.88. The smallest absolute Gasteiger partial charge is 0.314 e. The molecule has 4 heteroatoms. The summed E-state index contributed by atoms with van der Waals surface area (Å²) in [6.45, 7) is 1.22. The summed E-state index contributed by atoms with van der Waals surface area (Å²) in [6, 6.07) is 10.2. The van der Waals surface area contributed by atoms with Crippen LogP contribution in [0.15, 0.2) is 30.3 Å². The molecule has 0 aromatic heterocycles. The summed E-state index contributed by atoms with van der Waals surface area (Å²) in [5, 5.41) is 5.45. The average Bonchev–Trinajstić information content (AvgIpc) is 2.37. The monoisotopic (exact) mass is 254 g/mol. The number of hydrogen-bond acceptors (Lipinski definition) is 1. The second-order valence-corrected chi connectivity index (χ2v) is 4.19. The van der Waals surface area contributed by atoms with E-state index in [1.165, 1.54) is 5.56 Å². The number of amides is 2. The van der Waals surface area contributed by atoms with Gasteiger partial charge in [-0.3, -0.25) is 0 Å². The van der Waals surface area contributed by atoms with Crippen LogP contribution in [-0.4, -0.2) is 25.0 Å². The topological polar surface area (TPSA) is 41.1 Å². The Morgan fingerprint density at radius 3 is 2.47 bits per heavy atom. The number of benzene rings is 1. The molecule has 0 heterocycles. The molecule has 1 aromatic rings. The van der Waals surface area contributed by atoms with Gasteiger partial charge in [0.15, 0.2) is 0 Å². The molecular formula is C13H19ClN2O. The van der Waals surface area contributed by atoms with Crippen molar-refractivity contribution in [3.05, 3.63) is 35.9 Å². The van der Waals surface area contributed by atoms with E-state index in [0.29, 0.717) is 19.0 Å². The van der Waals surface area contributed by atoms with Crippen molar-refractivity contribution in [3.8, 4) is 0 Å². The van der Waals surface area contributed by atoms with Gasteiger partial charge in [-0.05, 0) is 24.8 Å². The first-order valence-corrected chi connectivity index (χ1v) is 6.48. The Hall–Kier alpha value is -1.22. The van der Waals surface area contributed by atoms with Gasteiger partial charge in [0, 0.05) is 19.0 Å². The molecule has 0 fully saturated rings. The van der Waals surface area contributed by atoms with Gasteiger partial charge in [-0.25, -0.2) is 4.79 Å². The molecule has 17 heavy (non-hydrogen) atoms. The van der Waals surface area contributed by atoms with Crippen LogP contribution in [0.2, 0.25) is 0 Å². The standard InChI is InChI=1S/C13H19ClN2O/c14-9-11-16-13(17)15-10-5-4-8-12-6-2-1-3-7-12/h1-3,6-7H,4-5,8-11H2,(H2,15,16,17). The molecular weight excluding hydrogens is 236 g/mol. The Bertz CT molecular complexity index is 316. The number of hydrogen-bond donors (Lipinski definition) is 2. The lowest BCUT2D eigenvalue weighted by Crippen LogP contribution is -2.36. The molecule has 0 aliphatic rings. The fourth-order valence-corrected chi connectivity index (χ4v) is 1.62. The molecule has 2 N–H and O–H groups in total. The summed E-state index contributed by atoms with van der Waals surface area (Å²) in [4.78, 5) is 11.2. The predicted molar refractivity (Wildman–Crippen MR) is 71.5 cm³/mol. The first kappa shape index (κ1) is 13.8. The van der Waals surface area contributed by atoms with Crippen LogP contribution in [-0.2, 0) is 6.42 Å². The first-order valence-electron chi connectivity index (χ1n) is 5.94. The van der Waals surface area contributed by atoms with E-state index >= 15 is 0 Å². The fraction of sp³-hybridized carbons (Fsp3) is 0.462. The number of carbonyl (C=O) groups excluding carboxylic acids is 1. The molecule has 1 aromatic carbocycles. The summed E-state index contributed by atoms with van der Waals surface area (Å²) in [7, 11) is 0. The third-order valence-electron chi connectivity index (χ3n) is 2.40. The van der Waals surface area contributed by atoms with Gasteiger partial charge in [0.05, 0.1) is 0 Å². The second-order valence-electron chi connectivity index (χ2n) is 3.81. The molecule has 0 bridgehead atoms. The fourth-order valence-electron chi connectivity index (χ4n) is 1.52. The Morgan fingerprint density at radius 1 is 1.06 bits per heavy atom. The summed E-state index contributed by atoms with van der Waals surface area (Å²) in [5.74, 6) is 0.446. The van der Waals surface area contributed by atoms with Gasteiger partial charge in [0.2, 0.25) is 0 Å². The summed E-state index contributed by atoms with van der Waals surface area (Å²) < 4.78 is 0. The van der Waals surface area contributed by atoms with Crippen molar-refractivity contribution in [2.45, 2.75) is 19.3 Å². The lowest BCUT2D eigenvalue weighted by molar-refractivity contribution is 0.241. The largest absolute Gasteiger partial charge is 0.338 e. The number of urea groups is 1. The van der Waals surface area contributed by atoms with Gasteiger partial charge >= 0.3 is 6.03 Å². The van der Waals surface area contributed by atoms with E-state index in [0.717, 1.165) is 19.3 Å². The van der Waals surface area contributed by atoms with Gasteiger partial charge < -0.3 is 10.6 Å². The Morgan fingerprint density at radius 2 is 1.76 bits per heavy atom. The molecule has 0 aliphatic heterocycles. The highest BCUT2D eigenvalue weighted by molar-refractivity contribution is 6.18. The molecule has 1 rings (SSSR count). The number of alkyl halides is 1. The van der Waals surface area contributed by atoms with E-state index in [2.05, 4.69) is 22.8 Å². The lowest BCUT2D eigenvalue weighted by Gasteiger charge is -2.06. The lowest BCUT2D eigenvalue weighted by atomic mass is 10.1. The summed E-state index contributed by atoms with van der Waals surface area (Å²) in [6.07, 6.45) is 3.13. The molecule has 0 radical (unpaired) electrons. The number of carbonyl (C=O) groups is 1. The Balaban J connectivity index is 1.99. The molecule has 0 unspecified atom stereocenters. The van der Waals surface area contributed by atoms with Gasteiger partial charge in [-0.2, -0.15) is 0 Å². The Labute approximate surface area is 108 Å². The quantitative estimate of drug-likeness (QED) is 0.570. The first-order chi connectivity index (χ1) is 8.33. The van der Waals surface area contributed by atoms with Crippen molar-refractivity contribution in [2.24, 2.45) is 0 Å². The van der Waals surface area contributed by atoms with Crippen LogP contribution in [0.4, 0.5) is 4.79 Å². The van der Waals surface area contributed by atoms with Crippen LogP contribution in [0, 0.1) is 0 Å². The highest BCUT2D eigenvalue weighted by Crippen LogP contribution is 2.03. The molecule has 0 atom stereocenters. The molecule has 3 nitrogen and oxygen atoms in total. The van der Waals surface area contributed by atoms with Crippen LogP contribution < -0.4 is 10.6 Å². The van der Waals surface area contributed by atoms with E-state index < -0.39 is 0 Å². The average molecular weight is 255 g/mol. The predicted octanol–water partition coefficient (Wildman–Crippen LogP) is 2.55. The van der Waals surface area contributed by atoms with Crippen LogP contribution >= 0.6 is 11.6 Å². The van der Waals surface area contributed by atoms with Crippen molar-refractivity contribution >= 4 is 17.6 Å². The van der Waals surface area contributed by atoms with E-state index in [1.54, 1.807) is 0 Å². The molecule has 0 saturated carbocycles. The maximum Gasteiger partial charge on any atom is 0.314 e. The number of rotatable bonds is 7. The third-order valence-corrected chi connectivity index (χ3v) is 2.59. The Kier molecular flexibility index (Phi) is 7.23. The molecule has 2 amide bonds. The minimum atomic E-state index is -0.134. The molecule has 0 spiro atoms. The number of aryl methyl sites for hydroxylation is 1. The van der Waals surface area contributed by atoms with Crippen LogP contribution in [0.3, 0.4) is 0 Å². The highest BCUT2D eigenvalue weighted by Gasteiger charge is 1.97. The van der Waals surface area contributed by atoms with Crippen molar-refractivity contribution < 1.29 is 4.79 Å². The maximum absolute atomic E-state index is 11.2.